The van der Waals surface area contributed by atoms with Gasteiger partial charge in [-0.2, -0.15) is 0 Å². The largest absolute Gasteiger partial charge is 0.348 e. The Morgan fingerprint density at radius 2 is 1.90 bits per heavy atom. The first-order valence-electron chi connectivity index (χ1n) is 9.20. The molecule has 0 aliphatic carbocycles. The van der Waals surface area contributed by atoms with E-state index in [9.17, 15) is 14.9 Å². The maximum absolute atomic E-state index is 12.6. The van der Waals surface area contributed by atoms with Gasteiger partial charge >= 0.3 is 0 Å². The van der Waals surface area contributed by atoms with E-state index in [0.29, 0.717) is 0 Å². The van der Waals surface area contributed by atoms with Gasteiger partial charge in [0, 0.05) is 23.1 Å². The van der Waals surface area contributed by atoms with E-state index in [0.717, 1.165) is 32.9 Å². The molecule has 4 rings (SSSR count). The number of rotatable bonds is 6. The fourth-order valence-corrected chi connectivity index (χ4v) is 3.57. The number of carbonyl (C=O) groups is 1. The molecular weight excluding hydrogens is 400 g/mol. The van der Waals surface area contributed by atoms with Crippen LogP contribution in [-0.2, 0) is 6.54 Å². The zero-order chi connectivity index (χ0) is 21.1. The highest BCUT2D eigenvalue weighted by atomic mass is 32.2. The van der Waals surface area contributed by atoms with Gasteiger partial charge in [0.15, 0.2) is 0 Å². The van der Waals surface area contributed by atoms with Gasteiger partial charge in [0.1, 0.15) is 11.4 Å². The molecule has 0 radical (unpaired) electrons. The molecule has 0 spiro atoms. The van der Waals surface area contributed by atoms with Crippen molar-refractivity contribution < 1.29 is 9.72 Å². The number of hydrogen-bond acceptors (Lipinski definition) is 5. The van der Waals surface area contributed by atoms with E-state index in [1.807, 2.05) is 54.8 Å². The molecular formula is C22H18N4O3S. The van der Waals surface area contributed by atoms with Crippen LogP contribution in [0.25, 0.3) is 22.4 Å². The quantitative estimate of drug-likeness (QED) is 0.266. The molecule has 0 saturated carbocycles. The van der Waals surface area contributed by atoms with Crippen molar-refractivity contribution in [1.82, 2.24) is 15.3 Å². The first-order chi connectivity index (χ1) is 14.5. The molecule has 0 bridgehead atoms. The fraction of sp³-hybridized carbons (Fsp3) is 0.0909. The Morgan fingerprint density at radius 3 is 2.60 bits per heavy atom. The minimum atomic E-state index is -0.541. The van der Waals surface area contributed by atoms with Crippen LogP contribution in [0.5, 0.6) is 0 Å². The van der Waals surface area contributed by atoms with E-state index in [1.165, 1.54) is 17.8 Å². The molecule has 4 aromatic rings. The standard InChI is InChI=1S/C22H18N4O3S/c1-30-16-10-11-20(26(28)29)17(12-16)22(27)23-13-14-6-8-15(9-7-14)21-24-18-4-2-3-5-19(18)25-21/h2-12H,13H2,1H3,(H,23,27)(H,24,25). The summed E-state index contributed by atoms with van der Waals surface area (Å²) in [5.74, 6) is 0.301. The Hall–Kier alpha value is -3.65. The number of nitro groups is 1. The van der Waals surface area contributed by atoms with Crippen molar-refractivity contribution in [2.24, 2.45) is 0 Å². The van der Waals surface area contributed by atoms with Crippen LogP contribution in [0.1, 0.15) is 15.9 Å². The van der Waals surface area contributed by atoms with E-state index >= 15 is 0 Å². The molecule has 0 fully saturated rings. The number of nitrogens with one attached hydrogen (secondary N) is 2. The SMILES string of the molecule is CSc1ccc([N+](=O)[O-])c(C(=O)NCc2ccc(-c3nc4ccccc4[nH]3)cc2)c1. The van der Waals surface area contributed by atoms with Crippen molar-refractivity contribution in [3.05, 3.63) is 88.0 Å². The van der Waals surface area contributed by atoms with E-state index in [1.54, 1.807) is 12.1 Å². The van der Waals surface area contributed by atoms with Crippen LogP contribution in [0.3, 0.4) is 0 Å². The predicted octanol–water partition coefficient (Wildman–Crippen LogP) is 4.79. The Labute approximate surface area is 176 Å². The van der Waals surface area contributed by atoms with Crippen LogP contribution in [-0.4, -0.2) is 27.1 Å². The summed E-state index contributed by atoms with van der Waals surface area (Å²) in [6.45, 7) is 0.264. The average molecular weight is 418 g/mol. The van der Waals surface area contributed by atoms with Gasteiger partial charge in [-0.1, -0.05) is 36.4 Å². The lowest BCUT2D eigenvalue weighted by molar-refractivity contribution is -0.385. The van der Waals surface area contributed by atoms with Crippen molar-refractivity contribution in [2.45, 2.75) is 11.4 Å². The van der Waals surface area contributed by atoms with Gasteiger partial charge in [-0.25, -0.2) is 4.98 Å². The van der Waals surface area contributed by atoms with Gasteiger partial charge in [0.05, 0.1) is 16.0 Å². The molecule has 1 heterocycles. The Morgan fingerprint density at radius 1 is 1.13 bits per heavy atom. The summed E-state index contributed by atoms with van der Waals surface area (Å²) in [4.78, 5) is 31.9. The van der Waals surface area contributed by atoms with Crippen LogP contribution in [0, 0.1) is 10.1 Å². The van der Waals surface area contributed by atoms with Crippen LogP contribution < -0.4 is 5.32 Å². The van der Waals surface area contributed by atoms with Crippen LogP contribution >= 0.6 is 11.8 Å². The molecule has 1 amide bonds. The van der Waals surface area contributed by atoms with Gasteiger partial charge in [0.25, 0.3) is 11.6 Å². The second kappa shape index (κ2) is 8.38. The number of nitro benzene ring substituents is 1. The van der Waals surface area contributed by atoms with Gasteiger partial charge in [-0.15, -0.1) is 11.8 Å². The lowest BCUT2D eigenvalue weighted by atomic mass is 10.1. The highest BCUT2D eigenvalue weighted by Gasteiger charge is 2.20. The first-order valence-corrected chi connectivity index (χ1v) is 10.4. The number of thioether (sulfide) groups is 1. The molecule has 0 aliphatic rings. The highest BCUT2D eigenvalue weighted by molar-refractivity contribution is 7.98. The van der Waals surface area contributed by atoms with Crippen LogP contribution in [0.4, 0.5) is 5.69 Å². The van der Waals surface area contributed by atoms with Gasteiger partial charge in [-0.05, 0) is 36.1 Å². The smallest absolute Gasteiger partial charge is 0.282 e. The number of aromatic nitrogens is 2. The summed E-state index contributed by atoms with van der Waals surface area (Å²) in [5.41, 5.74) is 3.54. The lowest BCUT2D eigenvalue weighted by Gasteiger charge is -2.08. The third kappa shape index (κ3) is 4.04. The normalized spacial score (nSPS) is 10.8. The lowest BCUT2D eigenvalue weighted by Crippen LogP contribution is -2.23. The molecule has 2 N–H and O–H groups in total. The maximum Gasteiger partial charge on any atom is 0.282 e. The molecule has 8 heteroatoms. The zero-order valence-electron chi connectivity index (χ0n) is 16.1. The highest BCUT2D eigenvalue weighted by Crippen LogP contribution is 2.25. The average Bonchev–Trinajstić information content (AvgIpc) is 3.21. The third-order valence-corrected chi connectivity index (χ3v) is 5.44. The minimum absolute atomic E-state index is 0.0609. The maximum atomic E-state index is 12.6. The monoisotopic (exact) mass is 418 g/mol. The molecule has 30 heavy (non-hydrogen) atoms. The Kier molecular flexibility index (Phi) is 5.49. The van der Waals surface area contributed by atoms with E-state index in [-0.39, 0.29) is 17.8 Å². The van der Waals surface area contributed by atoms with Gasteiger partial charge < -0.3 is 10.3 Å². The minimum Gasteiger partial charge on any atom is -0.348 e. The number of carbonyl (C=O) groups excluding carboxylic acids is 1. The summed E-state index contributed by atoms with van der Waals surface area (Å²) in [6, 6.07) is 20.0. The van der Waals surface area contributed by atoms with Crippen LogP contribution in [0.15, 0.2) is 71.6 Å². The summed E-state index contributed by atoms with van der Waals surface area (Å²) >= 11 is 1.42. The molecule has 0 atom stereocenters. The van der Waals surface area contributed by atoms with Crippen molar-refractivity contribution in [3.8, 4) is 11.4 Å². The number of amides is 1. The van der Waals surface area contributed by atoms with E-state index in [4.69, 9.17) is 0 Å². The van der Waals surface area contributed by atoms with Crippen molar-refractivity contribution in [2.75, 3.05) is 6.26 Å². The van der Waals surface area contributed by atoms with Gasteiger partial charge in [0.2, 0.25) is 0 Å². The van der Waals surface area contributed by atoms with E-state index < -0.39 is 10.8 Å². The number of nitrogens with zero attached hydrogens (tertiary/aromatic N) is 2. The molecule has 7 nitrogen and oxygen atoms in total. The number of aromatic amines is 1. The van der Waals surface area contributed by atoms with Crippen molar-refractivity contribution >= 4 is 34.4 Å². The summed E-state index contributed by atoms with van der Waals surface area (Å²) in [6.07, 6.45) is 1.85. The van der Waals surface area contributed by atoms with Crippen molar-refractivity contribution in [1.29, 1.82) is 0 Å². The summed E-state index contributed by atoms with van der Waals surface area (Å²) in [7, 11) is 0. The van der Waals surface area contributed by atoms with Crippen LogP contribution in [0.2, 0.25) is 0 Å². The molecule has 0 unspecified atom stereocenters. The van der Waals surface area contributed by atoms with E-state index in [2.05, 4.69) is 15.3 Å². The molecule has 3 aromatic carbocycles. The molecule has 1 aromatic heterocycles. The summed E-state index contributed by atoms with van der Waals surface area (Å²) in [5, 5.41) is 14.0. The fourth-order valence-electron chi connectivity index (χ4n) is 3.13. The number of fused-ring (bicyclic) bond motifs is 1. The number of H-pyrrole nitrogens is 1. The predicted molar refractivity (Wildman–Crippen MR) is 118 cm³/mol. The number of hydrogen-bond donors (Lipinski definition) is 2. The zero-order valence-corrected chi connectivity index (χ0v) is 16.9. The summed E-state index contributed by atoms with van der Waals surface area (Å²) < 4.78 is 0. The molecule has 0 aliphatic heterocycles. The third-order valence-electron chi connectivity index (χ3n) is 4.71. The Bertz CT molecular complexity index is 1200. The second-order valence-electron chi connectivity index (χ2n) is 6.62. The van der Waals surface area contributed by atoms with Crippen molar-refractivity contribution in [3.63, 3.8) is 0 Å². The first kappa shape index (κ1) is 19.7. The number of imidazole rings is 1. The second-order valence-corrected chi connectivity index (χ2v) is 7.50. The molecule has 0 saturated heterocycles. The number of para-hydroxylation sites is 2. The number of benzene rings is 3. The Balaban J connectivity index is 1.48. The topological polar surface area (TPSA) is 101 Å². The van der Waals surface area contributed by atoms with Gasteiger partial charge in [-0.3, -0.25) is 14.9 Å². The molecule has 150 valence electrons.